The molecule has 4 aliphatic heterocycles. The van der Waals surface area contributed by atoms with Crippen LogP contribution in [0.15, 0.2) is 280 Å². The number of benzene rings is 12. The van der Waals surface area contributed by atoms with Crippen LogP contribution in [0, 0.1) is 143 Å². The van der Waals surface area contributed by atoms with E-state index in [1.807, 2.05) is 117 Å². The third-order valence-corrected chi connectivity index (χ3v) is 23.1. The van der Waals surface area contributed by atoms with Crippen LogP contribution in [0.2, 0.25) is 0 Å². The van der Waals surface area contributed by atoms with Gasteiger partial charge in [-0.15, -0.1) is 31.4 Å². The molecule has 20 rings (SSSR count). The summed E-state index contributed by atoms with van der Waals surface area (Å²) in [5.41, 5.74) is 35.6. The molecule has 4 aliphatic rings. The second-order valence-corrected chi connectivity index (χ2v) is 33.3. The van der Waals surface area contributed by atoms with Gasteiger partial charge in [-0.1, -0.05) is 133 Å². The molecule has 0 fully saturated rings. The zero-order valence-corrected chi connectivity index (χ0v) is 80.6. The fourth-order valence-corrected chi connectivity index (χ4v) is 17.7. The molecule has 19 heteroatoms. The first-order valence-electron chi connectivity index (χ1n) is 43.1. The van der Waals surface area contributed by atoms with E-state index in [-0.39, 0.29) is 40.2 Å². The Kier molecular flexibility index (Phi) is 27.4. The van der Waals surface area contributed by atoms with Crippen LogP contribution in [0.1, 0.15) is 95.9 Å². The fraction of sp³-hybridized carbons (Fsp3) is 0.173. The third-order valence-electron chi connectivity index (χ3n) is 23.1. The zero-order chi connectivity index (χ0) is 88.4. The normalized spacial score (nSPS) is 13.3. The number of hydrogen-bond acceptors (Lipinski definition) is 17. The van der Waals surface area contributed by atoms with Gasteiger partial charge in [0, 0.05) is 83.1 Å². The largest absolute Gasteiger partial charge is 3.00 e. The second kappa shape index (κ2) is 39.1. The van der Waals surface area contributed by atoms with Gasteiger partial charge in [-0.3, -0.25) is 9.80 Å². The Morgan fingerprint density at radius 1 is 0.271 bits per heavy atom. The van der Waals surface area contributed by atoms with Gasteiger partial charge in [0.05, 0.1) is 47.6 Å². The molecule has 1 radical (unpaired) electrons. The standard InChI is InChI=1S/C29H30N4O.C27H25N4.2C27H24N4.2Ir/c1-6-34-29-32(23-13-8-7-9-14-23)28-27(33(29)24-16-19(2)15-20(3)17-24)30-18-25(31-28)26-21(4)11-10-12-22(26)5;3*1-18-13-19(2)15-23(14-18)31-17-30(22-11-6-5-7-12-22)27-26(31)28-16-24(29-27)25-20(3)9-8-10-21(25)4;;/h7-18,29H,6H2,1-5H3;5-17H,1-4H3;2*5-11,13-17H,1-4H3;;/q;-1;2*-2;;+3. The average Bonchev–Trinajstić information content (AvgIpc) is 1.58. The molecule has 0 amide bonds. The van der Waals surface area contributed by atoms with Crippen molar-refractivity contribution in [3.63, 3.8) is 0 Å². The second-order valence-electron chi connectivity index (χ2n) is 33.3. The predicted octanol–water partition coefficient (Wildman–Crippen LogP) is 26.9. The molecule has 0 saturated carbocycles. The molecule has 17 nitrogen and oxygen atoms in total. The molecular formula is C110H103Ir2N16O-2. The van der Waals surface area contributed by atoms with Gasteiger partial charge in [0.15, 0.2) is 11.6 Å². The summed E-state index contributed by atoms with van der Waals surface area (Å²) in [6.07, 6.45) is 7.16. The molecule has 0 aliphatic carbocycles. The van der Waals surface area contributed by atoms with Gasteiger partial charge < -0.3 is 34.1 Å². The maximum atomic E-state index is 6.36. The molecule has 0 spiro atoms. The Morgan fingerprint density at radius 2 is 0.535 bits per heavy atom. The van der Waals surface area contributed by atoms with Crippen molar-refractivity contribution in [1.29, 1.82) is 0 Å². The van der Waals surface area contributed by atoms with Crippen LogP contribution < -0.4 is 39.2 Å². The van der Waals surface area contributed by atoms with Crippen molar-refractivity contribution in [3.05, 3.63) is 401 Å². The molecule has 12 aromatic carbocycles. The Labute approximate surface area is 786 Å². The predicted molar refractivity (Wildman–Crippen MR) is 520 cm³/mol. The van der Waals surface area contributed by atoms with Gasteiger partial charge >= 0.3 is 20.1 Å². The third kappa shape index (κ3) is 18.9. The van der Waals surface area contributed by atoms with E-state index in [2.05, 4.69) is 352 Å². The minimum atomic E-state index is -0.392. The zero-order valence-electron chi connectivity index (χ0n) is 75.8. The molecule has 8 heterocycles. The first kappa shape index (κ1) is 90.4. The van der Waals surface area contributed by atoms with Gasteiger partial charge in [0.1, 0.15) is 34.9 Å². The van der Waals surface area contributed by atoms with E-state index < -0.39 is 6.35 Å². The molecular weight excluding hydrogens is 1950 g/mol. The average molecular weight is 2050 g/mol. The molecule has 649 valence electrons. The van der Waals surface area contributed by atoms with E-state index >= 15 is 0 Å². The summed E-state index contributed by atoms with van der Waals surface area (Å²) in [5.74, 6) is 6.51. The van der Waals surface area contributed by atoms with Gasteiger partial charge in [-0.25, -0.2) is 39.9 Å². The fourth-order valence-electron chi connectivity index (χ4n) is 17.7. The summed E-state index contributed by atoms with van der Waals surface area (Å²) in [5, 5.41) is 0. The minimum absolute atomic E-state index is 0. The Morgan fingerprint density at radius 3 is 0.845 bits per heavy atom. The van der Waals surface area contributed by atoms with Crippen LogP contribution in [0.25, 0.3) is 45.0 Å². The molecule has 0 bridgehead atoms. The first-order valence-corrected chi connectivity index (χ1v) is 43.1. The van der Waals surface area contributed by atoms with Crippen molar-refractivity contribution in [3.8, 4) is 45.0 Å². The number of aryl methyl sites for hydroxylation is 16. The number of aromatic nitrogens is 8. The van der Waals surface area contributed by atoms with Crippen LogP contribution in [-0.4, -0.2) is 52.8 Å². The number of para-hydroxylation sites is 4. The molecule has 4 aromatic heterocycles. The van der Waals surface area contributed by atoms with E-state index in [0.29, 0.717) is 6.61 Å². The Hall–Kier alpha value is -13.4. The van der Waals surface area contributed by atoms with E-state index in [1.165, 1.54) is 89.0 Å². The summed E-state index contributed by atoms with van der Waals surface area (Å²) in [7, 11) is 0. The maximum Gasteiger partial charge on any atom is 3.00 e. The molecule has 1 atom stereocenters. The van der Waals surface area contributed by atoms with Crippen LogP contribution in [0.4, 0.5) is 92.0 Å². The van der Waals surface area contributed by atoms with E-state index in [0.717, 1.165) is 137 Å². The van der Waals surface area contributed by atoms with Gasteiger partial charge in [-0.2, -0.15) is 60.7 Å². The first-order chi connectivity index (χ1) is 61.5. The van der Waals surface area contributed by atoms with Crippen LogP contribution in [0.3, 0.4) is 0 Å². The van der Waals surface area contributed by atoms with Crippen molar-refractivity contribution < 1.29 is 44.9 Å². The monoisotopic (exact) mass is 2050 g/mol. The molecule has 16 aromatic rings. The molecule has 0 saturated heterocycles. The number of rotatable bonds is 14. The van der Waals surface area contributed by atoms with Crippen LogP contribution in [-0.2, 0) is 44.9 Å². The summed E-state index contributed by atoms with van der Waals surface area (Å²) < 4.78 is 6.36. The molecule has 0 N–H and O–H groups in total. The smallest absolute Gasteiger partial charge is 0.477 e. The van der Waals surface area contributed by atoms with Crippen molar-refractivity contribution in [2.75, 3.05) is 45.8 Å². The van der Waals surface area contributed by atoms with Crippen LogP contribution in [0.5, 0.6) is 0 Å². The number of fused-ring (bicyclic) bond motifs is 4. The Bertz CT molecular complexity index is 6120. The van der Waals surface area contributed by atoms with E-state index in [4.69, 9.17) is 44.6 Å². The number of hydrogen-bond donors (Lipinski definition) is 0. The molecule has 1 unspecified atom stereocenters. The van der Waals surface area contributed by atoms with Crippen molar-refractivity contribution >= 4 is 92.0 Å². The van der Waals surface area contributed by atoms with Gasteiger partial charge in [0.2, 0.25) is 6.35 Å². The quantitative estimate of drug-likeness (QED) is 0.0953. The number of nitrogens with zero attached hydrogens (tertiary/aromatic N) is 16. The maximum absolute atomic E-state index is 6.36. The van der Waals surface area contributed by atoms with Crippen molar-refractivity contribution in [2.45, 2.75) is 124 Å². The van der Waals surface area contributed by atoms with Crippen molar-refractivity contribution in [1.82, 2.24) is 39.9 Å². The minimum Gasteiger partial charge on any atom is -0.477 e. The van der Waals surface area contributed by atoms with Crippen LogP contribution >= 0.6 is 0 Å². The number of anilines is 16. The van der Waals surface area contributed by atoms with E-state index in [9.17, 15) is 0 Å². The van der Waals surface area contributed by atoms with Gasteiger partial charge in [0.25, 0.3) is 0 Å². The summed E-state index contributed by atoms with van der Waals surface area (Å²) in [6, 6.07) is 94.6. The SMILES string of the molecule is CCOC1N(c2cc(C)cc(C)c2)c2ncc(-c3c(C)cccc3C)nc2N1c1ccccc1.Cc1cc(C)cc(N2[CH-]N(c3[c-]cccc3)c3nc(-c4c(C)cccc4C)cnc32)c1.Cc1cc(C)cc(N2[CH-]N(c3[c-]cccc3)c3nc(-c4c(C)cccc4C)cnc32)c1.Cc1cc(C)cc(N2[CH-]N(c3ccccc3)c3nc(-c4c(C)cccc4C)cnc32)c1.[Ir+3].[Ir]. The summed E-state index contributed by atoms with van der Waals surface area (Å²) >= 11 is 0. The van der Waals surface area contributed by atoms with E-state index in [1.54, 1.807) is 0 Å². The summed E-state index contributed by atoms with van der Waals surface area (Å²) in [4.78, 5) is 57.1. The summed E-state index contributed by atoms with van der Waals surface area (Å²) in [6.45, 7) is 42.7. The number of ether oxygens (including phenoxy) is 1. The molecule has 129 heavy (non-hydrogen) atoms. The topological polar surface area (TPSA) is 138 Å². The van der Waals surface area contributed by atoms with Crippen molar-refractivity contribution in [2.24, 2.45) is 0 Å². The Balaban J connectivity index is 0.000000132. The van der Waals surface area contributed by atoms with Gasteiger partial charge in [-0.05, 0) is 280 Å².